The number of nitrogens with two attached hydrogens (primary N) is 1. The zero-order chi connectivity index (χ0) is 21.8. The highest BCUT2D eigenvalue weighted by Crippen LogP contribution is 2.62. The molecule has 3 aliphatic carbocycles. The van der Waals surface area contributed by atoms with Crippen LogP contribution in [0.5, 0.6) is 0 Å². The molecule has 2 saturated carbocycles. The fraction of sp³-hybridized carbons (Fsp3) is 0.481. The molecule has 0 saturated heterocycles. The highest BCUT2D eigenvalue weighted by atomic mass is 16.3. The van der Waals surface area contributed by atoms with Crippen molar-refractivity contribution in [3.63, 3.8) is 0 Å². The molecule has 6 unspecified atom stereocenters. The van der Waals surface area contributed by atoms with Gasteiger partial charge in [0.05, 0.1) is 6.10 Å². The maximum Gasteiger partial charge on any atom is 0.248 e. The predicted molar refractivity (Wildman–Crippen MR) is 120 cm³/mol. The van der Waals surface area contributed by atoms with Gasteiger partial charge in [-0.05, 0) is 103 Å². The van der Waals surface area contributed by atoms with E-state index in [0.29, 0.717) is 23.3 Å². The number of aliphatic hydroxyl groups excluding tert-OH is 1. The fourth-order valence-electron chi connectivity index (χ4n) is 7.18. The van der Waals surface area contributed by atoms with Gasteiger partial charge in [0.1, 0.15) is 6.29 Å². The Labute approximate surface area is 183 Å². The number of primary amides is 1. The number of benzene rings is 2. The van der Waals surface area contributed by atoms with Gasteiger partial charge in [0.2, 0.25) is 5.91 Å². The molecule has 31 heavy (non-hydrogen) atoms. The Morgan fingerprint density at radius 2 is 2.06 bits per heavy atom. The van der Waals surface area contributed by atoms with Crippen LogP contribution in [0.25, 0.3) is 0 Å². The summed E-state index contributed by atoms with van der Waals surface area (Å²) in [6.07, 6.45) is 6.72. The average molecular weight is 418 g/mol. The van der Waals surface area contributed by atoms with Crippen molar-refractivity contribution in [2.45, 2.75) is 57.5 Å². The van der Waals surface area contributed by atoms with Crippen molar-refractivity contribution in [3.8, 4) is 0 Å². The van der Waals surface area contributed by atoms with E-state index in [2.05, 4.69) is 19.1 Å². The highest BCUT2D eigenvalue weighted by Gasteiger charge is 2.57. The summed E-state index contributed by atoms with van der Waals surface area (Å²) < 4.78 is 0. The van der Waals surface area contributed by atoms with Crippen molar-refractivity contribution < 1.29 is 14.7 Å². The lowest BCUT2D eigenvalue weighted by Crippen LogP contribution is -2.44. The van der Waals surface area contributed by atoms with Crippen LogP contribution in [0, 0.1) is 23.2 Å². The summed E-state index contributed by atoms with van der Waals surface area (Å²) >= 11 is 0. The first-order valence-corrected chi connectivity index (χ1v) is 11.6. The van der Waals surface area contributed by atoms with Gasteiger partial charge in [-0.2, -0.15) is 0 Å². The first kappa shape index (κ1) is 20.4. The van der Waals surface area contributed by atoms with E-state index in [9.17, 15) is 14.7 Å². The summed E-state index contributed by atoms with van der Waals surface area (Å²) in [5, 5.41) is 11.4. The van der Waals surface area contributed by atoms with E-state index >= 15 is 0 Å². The van der Waals surface area contributed by atoms with E-state index in [0.717, 1.165) is 55.9 Å². The Hall–Kier alpha value is -2.46. The minimum atomic E-state index is -0.407. The van der Waals surface area contributed by atoms with Crippen LogP contribution in [-0.4, -0.2) is 23.4 Å². The predicted octanol–water partition coefficient (Wildman–Crippen LogP) is 4.28. The lowest BCUT2D eigenvalue weighted by molar-refractivity contribution is -0.0325. The van der Waals surface area contributed by atoms with E-state index < -0.39 is 5.91 Å². The molecule has 4 nitrogen and oxygen atoms in total. The summed E-state index contributed by atoms with van der Waals surface area (Å²) in [5.41, 5.74) is 10.6. The molecule has 0 aliphatic heterocycles. The number of rotatable bonds is 4. The number of hydrogen-bond acceptors (Lipinski definition) is 3. The van der Waals surface area contributed by atoms with Crippen molar-refractivity contribution in [1.29, 1.82) is 0 Å². The van der Waals surface area contributed by atoms with Gasteiger partial charge in [0.15, 0.2) is 0 Å². The molecule has 1 amide bonds. The van der Waals surface area contributed by atoms with Crippen LogP contribution in [0.3, 0.4) is 0 Å². The molecule has 3 N–H and O–H groups in total. The number of carbonyl (C=O) groups excluding carboxylic acids is 2. The molecule has 0 heterocycles. The second-order valence-electron chi connectivity index (χ2n) is 10.2. The summed E-state index contributed by atoms with van der Waals surface area (Å²) in [7, 11) is 0. The van der Waals surface area contributed by atoms with Crippen molar-refractivity contribution in [2.75, 3.05) is 0 Å². The molecule has 0 radical (unpaired) electrons. The standard InChI is InChI=1S/C27H31NO3/c1-27-10-9-22-21-7-5-17(15-29)13-18(21)6-8-23(22)24(27)14-20(25(27)30)12-16-3-2-4-19(11-16)26(28)31/h2-5,7,11,13,15,20,22-25,30H,6,8-10,12,14H2,1H3,(H2,28,31). The molecular formula is C27H31NO3. The number of aldehydes is 1. The molecule has 3 aliphatic rings. The van der Waals surface area contributed by atoms with Crippen LogP contribution in [0.1, 0.15) is 75.9 Å². The highest BCUT2D eigenvalue weighted by molar-refractivity contribution is 5.92. The molecule has 4 heteroatoms. The maximum absolute atomic E-state index is 11.6. The largest absolute Gasteiger partial charge is 0.392 e. The maximum atomic E-state index is 11.6. The van der Waals surface area contributed by atoms with Gasteiger partial charge >= 0.3 is 0 Å². The van der Waals surface area contributed by atoms with Crippen LogP contribution in [0.2, 0.25) is 0 Å². The Bertz CT molecular complexity index is 1030. The molecule has 2 aromatic rings. The number of hydrogen-bond donors (Lipinski definition) is 2. The van der Waals surface area contributed by atoms with E-state index in [-0.39, 0.29) is 17.4 Å². The van der Waals surface area contributed by atoms with Gasteiger partial charge in [-0.25, -0.2) is 0 Å². The first-order valence-electron chi connectivity index (χ1n) is 11.6. The summed E-state index contributed by atoms with van der Waals surface area (Å²) in [5.74, 6) is 1.42. The van der Waals surface area contributed by atoms with Gasteiger partial charge in [0, 0.05) is 11.1 Å². The van der Waals surface area contributed by atoms with Crippen molar-refractivity contribution in [2.24, 2.45) is 28.9 Å². The third-order valence-electron chi connectivity index (χ3n) is 8.71. The normalized spacial score (nSPS) is 33.8. The molecular weight excluding hydrogens is 386 g/mol. The molecule has 2 fully saturated rings. The first-order chi connectivity index (χ1) is 14.9. The minimum absolute atomic E-state index is 0.0482. The summed E-state index contributed by atoms with van der Waals surface area (Å²) in [6.45, 7) is 2.30. The average Bonchev–Trinajstić information content (AvgIpc) is 3.03. The second-order valence-corrected chi connectivity index (χ2v) is 10.2. The number of carbonyl (C=O) groups is 2. The van der Waals surface area contributed by atoms with Gasteiger partial charge in [-0.15, -0.1) is 0 Å². The van der Waals surface area contributed by atoms with Crippen molar-refractivity contribution in [1.82, 2.24) is 0 Å². The second kappa shape index (κ2) is 7.59. The van der Waals surface area contributed by atoms with Crippen LogP contribution in [-0.2, 0) is 12.8 Å². The third kappa shape index (κ3) is 3.32. The number of amides is 1. The van der Waals surface area contributed by atoms with Crippen LogP contribution in [0.4, 0.5) is 0 Å². The molecule has 162 valence electrons. The Morgan fingerprint density at radius 3 is 2.84 bits per heavy atom. The minimum Gasteiger partial charge on any atom is -0.392 e. The van der Waals surface area contributed by atoms with E-state index in [1.165, 1.54) is 11.1 Å². The SMILES string of the molecule is CC12CCC3c4ccc(C=O)cc4CCC3C1CC(Cc1cccc(C(N)=O)c1)C2O. The molecule has 6 atom stereocenters. The third-order valence-corrected chi connectivity index (χ3v) is 8.71. The van der Waals surface area contributed by atoms with Gasteiger partial charge in [-0.1, -0.05) is 31.2 Å². The molecule has 2 aromatic carbocycles. The van der Waals surface area contributed by atoms with E-state index in [1.54, 1.807) is 6.07 Å². The number of aryl methyl sites for hydroxylation is 1. The smallest absolute Gasteiger partial charge is 0.248 e. The van der Waals surface area contributed by atoms with E-state index in [4.69, 9.17) is 5.73 Å². The monoisotopic (exact) mass is 417 g/mol. The molecule has 0 spiro atoms. The Kier molecular flexibility index (Phi) is 5.01. The van der Waals surface area contributed by atoms with Gasteiger partial charge in [0.25, 0.3) is 0 Å². The quantitative estimate of drug-likeness (QED) is 0.729. The molecule has 5 rings (SSSR count). The van der Waals surface area contributed by atoms with Crippen LogP contribution in [0.15, 0.2) is 42.5 Å². The van der Waals surface area contributed by atoms with Crippen LogP contribution < -0.4 is 5.73 Å². The number of fused-ring (bicyclic) bond motifs is 5. The van der Waals surface area contributed by atoms with Crippen molar-refractivity contribution >= 4 is 12.2 Å². The summed E-state index contributed by atoms with van der Waals surface area (Å²) in [6, 6.07) is 13.8. The molecule has 0 aromatic heterocycles. The Morgan fingerprint density at radius 1 is 1.23 bits per heavy atom. The van der Waals surface area contributed by atoms with Crippen molar-refractivity contribution in [3.05, 3.63) is 70.3 Å². The number of aliphatic hydroxyl groups is 1. The topological polar surface area (TPSA) is 80.4 Å². The fourth-order valence-corrected chi connectivity index (χ4v) is 7.18. The van der Waals surface area contributed by atoms with E-state index in [1.807, 2.05) is 24.3 Å². The Balaban J connectivity index is 1.40. The van der Waals surface area contributed by atoms with Crippen LogP contribution >= 0.6 is 0 Å². The molecule has 0 bridgehead atoms. The lowest BCUT2D eigenvalue weighted by Gasteiger charge is -2.50. The lowest BCUT2D eigenvalue weighted by atomic mass is 9.55. The zero-order valence-electron chi connectivity index (χ0n) is 18.1. The zero-order valence-corrected chi connectivity index (χ0v) is 18.1. The summed E-state index contributed by atoms with van der Waals surface area (Å²) in [4.78, 5) is 22.8. The van der Waals surface area contributed by atoms with Gasteiger partial charge in [-0.3, -0.25) is 9.59 Å². The van der Waals surface area contributed by atoms with Gasteiger partial charge < -0.3 is 10.8 Å².